The molecule has 6 heteroatoms. The Morgan fingerprint density at radius 3 is 2.45 bits per heavy atom. The number of nitrogens with one attached hydrogen (secondary N) is 2. The number of aryl methyl sites for hydroxylation is 1. The van der Waals surface area contributed by atoms with Crippen LogP contribution in [0.2, 0.25) is 0 Å². The number of carbonyl (C=O) groups excluding carboxylic acids is 3. The van der Waals surface area contributed by atoms with E-state index < -0.39 is 6.04 Å². The lowest BCUT2D eigenvalue weighted by Gasteiger charge is -2.33. The molecule has 0 bridgehead atoms. The van der Waals surface area contributed by atoms with Gasteiger partial charge in [-0.2, -0.15) is 0 Å². The molecular formula is C25H29N3O3. The van der Waals surface area contributed by atoms with Crippen LogP contribution in [0.5, 0.6) is 0 Å². The molecule has 1 heterocycles. The second-order valence-electron chi connectivity index (χ2n) is 8.64. The van der Waals surface area contributed by atoms with Crippen LogP contribution in [0.1, 0.15) is 54.9 Å². The monoisotopic (exact) mass is 419 g/mol. The molecule has 1 aliphatic carbocycles. The van der Waals surface area contributed by atoms with Crippen molar-refractivity contribution >= 4 is 29.1 Å². The van der Waals surface area contributed by atoms with Crippen LogP contribution < -0.4 is 10.6 Å². The number of amides is 3. The van der Waals surface area contributed by atoms with E-state index in [2.05, 4.69) is 10.6 Å². The third kappa shape index (κ3) is 4.48. The van der Waals surface area contributed by atoms with Gasteiger partial charge in [0, 0.05) is 29.9 Å². The zero-order valence-electron chi connectivity index (χ0n) is 18.1. The first-order valence-electron chi connectivity index (χ1n) is 11.0. The van der Waals surface area contributed by atoms with Gasteiger partial charge in [-0.25, -0.2) is 0 Å². The predicted octanol–water partition coefficient (Wildman–Crippen LogP) is 4.37. The number of hydrogen-bond donors (Lipinski definition) is 2. The molecule has 1 saturated carbocycles. The summed E-state index contributed by atoms with van der Waals surface area (Å²) in [6, 6.07) is 14.3. The molecule has 2 N–H and O–H groups in total. The van der Waals surface area contributed by atoms with Gasteiger partial charge >= 0.3 is 0 Å². The number of benzene rings is 2. The van der Waals surface area contributed by atoms with E-state index in [0.717, 1.165) is 31.2 Å². The highest BCUT2D eigenvalue weighted by atomic mass is 16.2. The average molecular weight is 420 g/mol. The van der Waals surface area contributed by atoms with Crippen molar-refractivity contribution in [1.29, 1.82) is 0 Å². The topological polar surface area (TPSA) is 78.5 Å². The van der Waals surface area contributed by atoms with Crippen LogP contribution in [0.3, 0.4) is 0 Å². The number of nitrogens with zero attached hydrogens (tertiary/aromatic N) is 1. The van der Waals surface area contributed by atoms with Crippen LogP contribution >= 0.6 is 0 Å². The van der Waals surface area contributed by atoms with Crippen molar-refractivity contribution in [2.24, 2.45) is 5.92 Å². The Balaban J connectivity index is 1.58. The largest absolute Gasteiger partial charge is 0.326 e. The van der Waals surface area contributed by atoms with Gasteiger partial charge in [0.1, 0.15) is 6.04 Å². The van der Waals surface area contributed by atoms with E-state index in [1.165, 1.54) is 6.92 Å². The van der Waals surface area contributed by atoms with Gasteiger partial charge in [0.2, 0.25) is 11.8 Å². The quantitative estimate of drug-likeness (QED) is 0.773. The van der Waals surface area contributed by atoms with E-state index >= 15 is 0 Å². The summed E-state index contributed by atoms with van der Waals surface area (Å²) in [6.45, 7) is 3.36. The lowest BCUT2D eigenvalue weighted by Crippen LogP contribution is -2.47. The van der Waals surface area contributed by atoms with E-state index in [0.29, 0.717) is 29.3 Å². The Morgan fingerprint density at radius 1 is 0.968 bits per heavy atom. The Labute approximate surface area is 183 Å². The molecule has 4 rings (SSSR count). The minimum Gasteiger partial charge on any atom is -0.326 e. The third-order valence-corrected chi connectivity index (χ3v) is 6.46. The van der Waals surface area contributed by atoms with E-state index in [9.17, 15) is 14.4 Å². The van der Waals surface area contributed by atoms with Gasteiger partial charge in [-0.1, -0.05) is 37.1 Å². The van der Waals surface area contributed by atoms with Crippen LogP contribution in [0.4, 0.5) is 11.4 Å². The first kappa shape index (κ1) is 21.1. The maximum Gasteiger partial charge on any atom is 0.254 e. The molecule has 2 aromatic rings. The van der Waals surface area contributed by atoms with Crippen molar-refractivity contribution in [3.05, 3.63) is 59.7 Å². The molecule has 1 saturated heterocycles. The van der Waals surface area contributed by atoms with Crippen molar-refractivity contribution in [2.75, 3.05) is 10.6 Å². The lowest BCUT2D eigenvalue weighted by molar-refractivity contribution is -0.120. The predicted molar refractivity (Wildman–Crippen MR) is 121 cm³/mol. The smallest absolute Gasteiger partial charge is 0.254 e. The first-order valence-corrected chi connectivity index (χ1v) is 11.0. The number of anilines is 2. The molecule has 3 unspecified atom stereocenters. The van der Waals surface area contributed by atoms with Crippen molar-refractivity contribution in [1.82, 2.24) is 4.90 Å². The molecule has 2 aliphatic rings. The fourth-order valence-electron chi connectivity index (χ4n) is 4.97. The molecule has 31 heavy (non-hydrogen) atoms. The van der Waals surface area contributed by atoms with E-state index in [1.54, 1.807) is 6.07 Å². The number of hydrogen-bond acceptors (Lipinski definition) is 3. The minimum absolute atomic E-state index is 0.0713. The molecule has 2 fully saturated rings. The van der Waals surface area contributed by atoms with E-state index in [-0.39, 0.29) is 23.8 Å². The Kier molecular flexibility index (Phi) is 6.07. The third-order valence-electron chi connectivity index (χ3n) is 6.46. The first-order chi connectivity index (χ1) is 14.9. The van der Waals surface area contributed by atoms with Crippen LogP contribution in [-0.2, 0) is 9.59 Å². The summed E-state index contributed by atoms with van der Waals surface area (Å²) in [5.41, 5.74) is 2.82. The lowest BCUT2D eigenvalue weighted by atomic mass is 9.84. The highest BCUT2D eigenvalue weighted by molar-refractivity contribution is 6.02. The van der Waals surface area contributed by atoms with Crippen LogP contribution in [-0.4, -0.2) is 34.7 Å². The molecule has 1 aliphatic heterocycles. The summed E-state index contributed by atoms with van der Waals surface area (Å²) >= 11 is 0. The highest BCUT2D eigenvalue weighted by Crippen LogP contribution is 2.41. The van der Waals surface area contributed by atoms with Gasteiger partial charge in [-0.05, 0) is 61.9 Å². The highest BCUT2D eigenvalue weighted by Gasteiger charge is 2.47. The number of fused-ring (bicyclic) bond motifs is 1. The fourth-order valence-corrected chi connectivity index (χ4v) is 4.97. The van der Waals surface area contributed by atoms with Gasteiger partial charge in [0.15, 0.2) is 0 Å². The minimum atomic E-state index is -0.494. The van der Waals surface area contributed by atoms with Crippen molar-refractivity contribution in [2.45, 2.75) is 58.0 Å². The molecule has 6 nitrogen and oxygen atoms in total. The van der Waals surface area contributed by atoms with Crippen molar-refractivity contribution in [3.63, 3.8) is 0 Å². The molecular weight excluding hydrogens is 390 g/mol. The van der Waals surface area contributed by atoms with Crippen LogP contribution in [0, 0.1) is 12.8 Å². The second kappa shape index (κ2) is 8.92. The Hall–Kier alpha value is -3.15. The van der Waals surface area contributed by atoms with Gasteiger partial charge in [0.25, 0.3) is 5.91 Å². The van der Waals surface area contributed by atoms with Crippen LogP contribution in [0.25, 0.3) is 0 Å². The van der Waals surface area contributed by atoms with E-state index in [4.69, 9.17) is 0 Å². The molecule has 2 aromatic carbocycles. The average Bonchev–Trinajstić information content (AvgIpc) is 3.15. The maximum atomic E-state index is 13.4. The SMILES string of the molecule is CC(=O)Nc1cc(NC(=O)C2CC3CCCCC3N2C(=O)c2ccccc2)ccc1C. The van der Waals surface area contributed by atoms with Gasteiger partial charge < -0.3 is 15.5 Å². The molecule has 0 radical (unpaired) electrons. The van der Waals surface area contributed by atoms with Crippen LogP contribution in [0.15, 0.2) is 48.5 Å². The summed E-state index contributed by atoms with van der Waals surface area (Å²) in [4.78, 5) is 40.0. The van der Waals surface area contributed by atoms with Crippen molar-refractivity contribution in [3.8, 4) is 0 Å². The molecule has 162 valence electrons. The van der Waals surface area contributed by atoms with Crippen molar-refractivity contribution < 1.29 is 14.4 Å². The normalized spacial score (nSPS) is 22.5. The summed E-state index contributed by atoms with van der Waals surface area (Å²) < 4.78 is 0. The molecule has 3 atom stereocenters. The molecule has 0 spiro atoms. The number of carbonyl (C=O) groups is 3. The fraction of sp³-hybridized carbons (Fsp3) is 0.400. The summed E-state index contributed by atoms with van der Waals surface area (Å²) in [5, 5.41) is 5.78. The number of rotatable bonds is 4. The molecule has 3 amide bonds. The standard InChI is InChI=1S/C25H29N3O3/c1-16-12-13-20(15-21(16)26-17(2)29)27-24(30)23-14-19-10-6-7-11-22(19)28(23)25(31)18-8-4-3-5-9-18/h3-5,8-9,12-13,15,19,22-23H,6-7,10-11,14H2,1-2H3,(H,26,29)(H,27,30). The van der Waals surface area contributed by atoms with E-state index in [1.807, 2.05) is 54.3 Å². The summed E-state index contributed by atoms with van der Waals surface area (Å²) in [6.07, 6.45) is 4.95. The Morgan fingerprint density at radius 2 is 1.71 bits per heavy atom. The maximum absolute atomic E-state index is 13.4. The zero-order valence-corrected chi connectivity index (χ0v) is 18.1. The summed E-state index contributed by atoms with van der Waals surface area (Å²) in [7, 11) is 0. The van der Waals surface area contributed by atoms with Gasteiger partial charge in [0.05, 0.1) is 0 Å². The molecule has 0 aromatic heterocycles. The second-order valence-corrected chi connectivity index (χ2v) is 8.64. The number of likely N-dealkylation sites (tertiary alicyclic amines) is 1. The Bertz CT molecular complexity index is 989. The summed E-state index contributed by atoms with van der Waals surface area (Å²) in [5.74, 6) is -0.0366. The van der Waals surface area contributed by atoms with Gasteiger partial charge in [-0.3, -0.25) is 14.4 Å². The van der Waals surface area contributed by atoms with Gasteiger partial charge in [-0.15, -0.1) is 0 Å². The zero-order chi connectivity index (χ0) is 22.0.